The highest BCUT2D eigenvalue weighted by Crippen LogP contribution is 2.25. The first-order valence-electron chi connectivity index (χ1n) is 10.7. The van der Waals surface area contributed by atoms with Gasteiger partial charge < -0.3 is 15.2 Å². The SMILES string of the molecule is CCC1CC(NC(=O)c2cc3ccccc3n(C(C)C)c2=O)CC(C)N1CNC. The van der Waals surface area contributed by atoms with Gasteiger partial charge >= 0.3 is 0 Å². The Labute approximate surface area is 173 Å². The van der Waals surface area contributed by atoms with E-state index in [1.807, 2.05) is 45.2 Å². The molecule has 0 spiro atoms. The molecule has 3 unspecified atom stereocenters. The van der Waals surface area contributed by atoms with Crippen LogP contribution in [0.2, 0.25) is 0 Å². The summed E-state index contributed by atoms with van der Waals surface area (Å²) in [5, 5.41) is 7.33. The molecule has 1 fully saturated rings. The molecular weight excluding hydrogens is 364 g/mol. The minimum atomic E-state index is -0.260. The molecule has 0 aliphatic carbocycles. The highest BCUT2D eigenvalue weighted by atomic mass is 16.2. The van der Waals surface area contributed by atoms with Gasteiger partial charge in [-0.25, -0.2) is 0 Å². The van der Waals surface area contributed by atoms with E-state index < -0.39 is 0 Å². The normalized spacial score (nSPS) is 22.9. The standard InChI is InChI=1S/C23H34N4O2/c1-6-19-13-18(11-16(4)26(19)14-24-5)25-22(28)20-12-17-9-7-8-10-21(17)27(15(2)3)23(20)29/h7-10,12,15-16,18-19,24H,6,11,13-14H2,1-5H3,(H,25,28). The molecule has 1 aromatic heterocycles. The molecule has 29 heavy (non-hydrogen) atoms. The second-order valence-electron chi connectivity index (χ2n) is 8.46. The van der Waals surface area contributed by atoms with Gasteiger partial charge in [0, 0.05) is 30.8 Å². The number of aromatic nitrogens is 1. The van der Waals surface area contributed by atoms with Gasteiger partial charge in [0.25, 0.3) is 11.5 Å². The number of hydrogen-bond acceptors (Lipinski definition) is 4. The summed E-state index contributed by atoms with van der Waals surface area (Å²) in [6.07, 6.45) is 2.82. The predicted octanol–water partition coefficient (Wildman–Crippen LogP) is 3.12. The molecule has 6 heteroatoms. The maximum atomic E-state index is 13.1. The summed E-state index contributed by atoms with van der Waals surface area (Å²) in [7, 11) is 1.97. The van der Waals surface area contributed by atoms with Crippen molar-refractivity contribution >= 4 is 16.8 Å². The maximum Gasteiger partial charge on any atom is 0.264 e. The lowest BCUT2D eigenvalue weighted by atomic mass is 9.90. The van der Waals surface area contributed by atoms with Crippen molar-refractivity contribution in [3.63, 3.8) is 0 Å². The molecule has 2 aromatic rings. The number of pyridine rings is 1. The molecule has 3 rings (SSSR count). The summed E-state index contributed by atoms with van der Waals surface area (Å²) in [6.45, 7) is 9.19. The molecule has 1 saturated heterocycles. The molecular formula is C23H34N4O2. The molecule has 158 valence electrons. The average Bonchev–Trinajstić information content (AvgIpc) is 2.68. The molecule has 1 aliphatic rings. The second-order valence-corrected chi connectivity index (χ2v) is 8.46. The molecule has 0 radical (unpaired) electrons. The van der Waals surface area contributed by atoms with Crippen LogP contribution >= 0.6 is 0 Å². The quantitative estimate of drug-likeness (QED) is 0.785. The summed E-state index contributed by atoms with van der Waals surface area (Å²) in [5.41, 5.74) is 0.878. The third-order valence-corrected chi connectivity index (χ3v) is 6.07. The number of carbonyl (C=O) groups excluding carboxylic acids is 1. The zero-order valence-electron chi connectivity index (χ0n) is 18.2. The fourth-order valence-corrected chi connectivity index (χ4v) is 4.68. The summed E-state index contributed by atoms with van der Waals surface area (Å²) in [6, 6.07) is 10.3. The van der Waals surface area contributed by atoms with Crippen molar-refractivity contribution in [3.05, 3.63) is 46.2 Å². The molecule has 1 aromatic carbocycles. The maximum absolute atomic E-state index is 13.1. The van der Waals surface area contributed by atoms with Gasteiger partial charge in [-0.1, -0.05) is 25.1 Å². The Bertz CT molecular complexity index is 921. The van der Waals surface area contributed by atoms with Gasteiger partial charge in [0.15, 0.2) is 0 Å². The van der Waals surface area contributed by atoms with Gasteiger partial charge in [-0.05, 0) is 64.6 Å². The van der Waals surface area contributed by atoms with Gasteiger partial charge in [-0.3, -0.25) is 14.5 Å². The molecule has 0 bridgehead atoms. The number of nitrogens with zero attached hydrogens (tertiary/aromatic N) is 2. The molecule has 0 saturated carbocycles. The summed E-state index contributed by atoms with van der Waals surface area (Å²) in [5.74, 6) is -0.260. The largest absolute Gasteiger partial charge is 0.349 e. The van der Waals surface area contributed by atoms with Crippen LogP contribution in [0, 0.1) is 0 Å². The Morgan fingerprint density at radius 2 is 1.97 bits per heavy atom. The number of carbonyl (C=O) groups is 1. The molecule has 3 atom stereocenters. The zero-order chi connectivity index (χ0) is 21.1. The predicted molar refractivity (Wildman–Crippen MR) is 118 cm³/mol. The van der Waals surface area contributed by atoms with E-state index in [0.29, 0.717) is 12.1 Å². The molecule has 6 nitrogen and oxygen atoms in total. The van der Waals surface area contributed by atoms with Gasteiger partial charge in [-0.2, -0.15) is 0 Å². The van der Waals surface area contributed by atoms with Crippen LogP contribution in [0.25, 0.3) is 10.9 Å². The molecule has 2 heterocycles. The summed E-state index contributed by atoms with van der Waals surface area (Å²) >= 11 is 0. The first kappa shape index (κ1) is 21.5. The Hall–Kier alpha value is -2.18. The highest BCUT2D eigenvalue weighted by molar-refractivity contribution is 5.97. The Morgan fingerprint density at radius 3 is 2.62 bits per heavy atom. The van der Waals surface area contributed by atoms with Crippen LogP contribution in [0.3, 0.4) is 0 Å². The fraction of sp³-hybridized carbons (Fsp3) is 0.565. The Morgan fingerprint density at radius 1 is 1.24 bits per heavy atom. The first-order chi connectivity index (χ1) is 13.9. The minimum Gasteiger partial charge on any atom is -0.349 e. The number of para-hydroxylation sites is 1. The highest BCUT2D eigenvalue weighted by Gasteiger charge is 2.33. The molecule has 2 N–H and O–H groups in total. The van der Waals surface area contributed by atoms with E-state index in [4.69, 9.17) is 0 Å². The molecule has 1 amide bonds. The first-order valence-corrected chi connectivity index (χ1v) is 10.7. The van der Waals surface area contributed by atoms with Crippen LogP contribution in [0.1, 0.15) is 63.4 Å². The van der Waals surface area contributed by atoms with E-state index >= 15 is 0 Å². The smallest absolute Gasteiger partial charge is 0.264 e. The van der Waals surface area contributed by atoms with Crippen LogP contribution < -0.4 is 16.2 Å². The van der Waals surface area contributed by atoms with Crippen LogP contribution in [-0.2, 0) is 0 Å². The number of piperidine rings is 1. The monoisotopic (exact) mass is 398 g/mol. The van der Waals surface area contributed by atoms with Gasteiger partial charge in [0.05, 0.1) is 5.52 Å². The topological polar surface area (TPSA) is 66.4 Å². The lowest BCUT2D eigenvalue weighted by Gasteiger charge is -2.44. The van der Waals surface area contributed by atoms with Crippen molar-refractivity contribution in [3.8, 4) is 0 Å². The Kier molecular flexibility index (Phi) is 6.75. The zero-order valence-corrected chi connectivity index (χ0v) is 18.2. The third-order valence-electron chi connectivity index (χ3n) is 6.07. The van der Waals surface area contributed by atoms with Gasteiger partial charge in [-0.15, -0.1) is 0 Å². The Balaban J connectivity index is 1.87. The fourth-order valence-electron chi connectivity index (χ4n) is 4.68. The second kappa shape index (κ2) is 9.09. The third kappa shape index (κ3) is 4.38. The van der Waals surface area contributed by atoms with Gasteiger partial charge in [0.2, 0.25) is 0 Å². The van der Waals surface area contributed by atoms with Crippen molar-refractivity contribution in [2.24, 2.45) is 0 Å². The van der Waals surface area contributed by atoms with E-state index in [9.17, 15) is 9.59 Å². The van der Waals surface area contributed by atoms with Crippen LogP contribution in [0.5, 0.6) is 0 Å². The molecule has 1 aliphatic heterocycles. The van der Waals surface area contributed by atoms with E-state index in [0.717, 1.165) is 36.8 Å². The number of amides is 1. The van der Waals surface area contributed by atoms with E-state index in [-0.39, 0.29) is 29.1 Å². The van der Waals surface area contributed by atoms with E-state index in [1.165, 1.54) is 0 Å². The van der Waals surface area contributed by atoms with Gasteiger partial charge in [0.1, 0.15) is 5.56 Å². The van der Waals surface area contributed by atoms with Crippen molar-refractivity contribution < 1.29 is 4.79 Å². The number of hydrogen-bond donors (Lipinski definition) is 2. The van der Waals surface area contributed by atoms with Crippen molar-refractivity contribution in [1.29, 1.82) is 0 Å². The number of fused-ring (bicyclic) bond motifs is 1. The van der Waals surface area contributed by atoms with Crippen LogP contribution in [0.15, 0.2) is 35.1 Å². The van der Waals surface area contributed by atoms with Crippen molar-refractivity contribution in [1.82, 2.24) is 20.1 Å². The van der Waals surface area contributed by atoms with Crippen LogP contribution in [0.4, 0.5) is 0 Å². The van der Waals surface area contributed by atoms with E-state index in [2.05, 4.69) is 29.4 Å². The summed E-state index contributed by atoms with van der Waals surface area (Å²) < 4.78 is 1.72. The number of likely N-dealkylation sites (tertiary alicyclic amines) is 1. The van der Waals surface area contributed by atoms with Crippen molar-refractivity contribution in [2.45, 2.75) is 71.1 Å². The lowest BCUT2D eigenvalue weighted by Crippen LogP contribution is -2.56. The lowest BCUT2D eigenvalue weighted by molar-refractivity contribution is 0.0597. The number of benzene rings is 1. The number of rotatable bonds is 6. The minimum absolute atomic E-state index is 0.0190. The van der Waals surface area contributed by atoms with Crippen molar-refractivity contribution in [2.75, 3.05) is 13.7 Å². The van der Waals surface area contributed by atoms with Crippen LogP contribution in [-0.4, -0.2) is 47.2 Å². The summed E-state index contributed by atoms with van der Waals surface area (Å²) in [4.78, 5) is 28.7. The van der Waals surface area contributed by atoms with E-state index in [1.54, 1.807) is 10.6 Å². The average molecular weight is 399 g/mol. The number of nitrogens with one attached hydrogen (secondary N) is 2.